The number of likely N-dealkylation sites (tertiary alicyclic amines) is 1. The molecule has 2 fully saturated rings. The van der Waals surface area contributed by atoms with Crippen molar-refractivity contribution in [3.63, 3.8) is 0 Å². The summed E-state index contributed by atoms with van der Waals surface area (Å²) in [6.07, 6.45) is -1.78. The SMILES string of the molecule is CC[C@H](CO)C(=O)N1CC2(CC(Cc3ccc(C(F)(F)F)c(OC(C)C)n3)C2)C1. The molecule has 162 valence electrons. The number of aromatic nitrogens is 1. The van der Waals surface area contributed by atoms with Gasteiger partial charge in [0.25, 0.3) is 0 Å². The fraction of sp³-hybridized carbons (Fsp3) is 0.714. The molecule has 8 heteroatoms. The smallest absolute Gasteiger partial charge is 0.421 e. The molecule has 1 saturated heterocycles. The summed E-state index contributed by atoms with van der Waals surface area (Å²) in [7, 11) is 0. The van der Waals surface area contributed by atoms with Crippen LogP contribution in [0.5, 0.6) is 5.88 Å². The van der Waals surface area contributed by atoms with Crippen molar-refractivity contribution in [1.29, 1.82) is 0 Å². The second kappa shape index (κ2) is 8.13. The Hall–Kier alpha value is -1.83. The number of alkyl halides is 3. The number of nitrogens with zero attached hydrogens (tertiary/aromatic N) is 2. The average Bonchev–Trinajstić information content (AvgIpc) is 2.55. The second-order valence-electron chi connectivity index (χ2n) is 8.78. The zero-order chi connectivity index (χ0) is 21.4. The van der Waals surface area contributed by atoms with Crippen LogP contribution >= 0.6 is 0 Å². The molecule has 1 aliphatic heterocycles. The summed E-state index contributed by atoms with van der Waals surface area (Å²) >= 11 is 0. The zero-order valence-corrected chi connectivity index (χ0v) is 17.1. The first-order valence-electron chi connectivity index (χ1n) is 10.2. The number of pyridine rings is 1. The van der Waals surface area contributed by atoms with E-state index in [9.17, 15) is 23.1 Å². The Morgan fingerprint density at radius 2 is 2.00 bits per heavy atom. The van der Waals surface area contributed by atoms with Crippen LogP contribution in [0.1, 0.15) is 51.3 Å². The Kier molecular flexibility index (Phi) is 6.13. The van der Waals surface area contributed by atoms with E-state index in [0.29, 0.717) is 37.5 Å². The molecular formula is C21H29F3N2O3. The van der Waals surface area contributed by atoms with Gasteiger partial charge in [-0.1, -0.05) is 6.92 Å². The molecule has 1 N–H and O–H groups in total. The molecule has 29 heavy (non-hydrogen) atoms. The summed E-state index contributed by atoms with van der Waals surface area (Å²) in [6, 6.07) is 2.49. The van der Waals surface area contributed by atoms with E-state index in [4.69, 9.17) is 4.74 Å². The minimum Gasteiger partial charge on any atom is -0.475 e. The third kappa shape index (κ3) is 4.68. The summed E-state index contributed by atoms with van der Waals surface area (Å²) in [6.45, 7) is 6.53. The molecule has 1 aliphatic carbocycles. The lowest BCUT2D eigenvalue weighted by Crippen LogP contribution is -2.65. The van der Waals surface area contributed by atoms with Crippen molar-refractivity contribution in [1.82, 2.24) is 9.88 Å². The molecule has 1 aromatic rings. The van der Waals surface area contributed by atoms with Crippen molar-refractivity contribution in [3.8, 4) is 5.88 Å². The van der Waals surface area contributed by atoms with Crippen molar-refractivity contribution < 1.29 is 27.8 Å². The molecule has 1 saturated carbocycles. The molecule has 1 amide bonds. The number of hydrogen-bond acceptors (Lipinski definition) is 4. The van der Waals surface area contributed by atoms with Crippen LogP contribution in [-0.2, 0) is 17.4 Å². The van der Waals surface area contributed by atoms with Crippen LogP contribution in [0, 0.1) is 17.3 Å². The van der Waals surface area contributed by atoms with Gasteiger partial charge in [0.15, 0.2) is 0 Å². The van der Waals surface area contributed by atoms with Gasteiger partial charge in [0.05, 0.1) is 18.6 Å². The molecule has 0 bridgehead atoms. The Balaban J connectivity index is 1.56. The van der Waals surface area contributed by atoms with Gasteiger partial charge in [-0.15, -0.1) is 0 Å². The second-order valence-corrected chi connectivity index (χ2v) is 8.78. The highest BCUT2D eigenvalue weighted by Gasteiger charge is 2.53. The highest BCUT2D eigenvalue weighted by molar-refractivity contribution is 5.80. The van der Waals surface area contributed by atoms with Crippen LogP contribution < -0.4 is 4.74 Å². The molecule has 3 rings (SSSR count). The number of aliphatic hydroxyl groups is 1. The predicted octanol–water partition coefficient (Wildman–Crippen LogP) is 3.69. The third-order valence-electron chi connectivity index (χ3n) is 5.94. The van der Waals surface area contributed by atoms with Crippen LogP contribution in [0.4, 0.5) is 13.2 Å². The number of hydrogen-bond donors (Lipinski definition) is 1. The number of halogens is 3. The van der Waals surface area contributed by atoms with E-state index in [2.05, 4.69) is 4.98 Å². The number of amides is 1. The van der Waals surface area contributed by atoms with Crippen molar-refractivity contribution in [2.45, 2.75) is 58.7 Å². The molecule has 1 spiro atoms. The number of carbonyl (C=O) groups is 1. The van der Waals surface area contributed by atoms with Crippen LogP contribution in [0.2, 0.25) is 0 Å². The van der Waals surface area contributed by atoms with Gasteiger partial charge in [-0.25, -0.2) is 4.98 Å². The van der Waals surface area contributed by atoms with Gasteiger partial charge < -0.3 is 14.7 Å². The quantitative estimate of drug-likeness (QED) is 0.739. The minimum absolute atomic E-state index is 0.0176. The summed E-state index contributed by atoms with van der Waals surface area (Å²) < 4.78 is 44.8. The minimum atomic E-state index is -4.50. The maximum atomic E-state index is 13.2. The topological polar surface area (TPSA) is 62.7 Å². The van der Waals surface area contributed by atoms with E-state index in [1.54, 1.807) is 13.8 Å². The predicted molar refractivity (Wildman–Crippen MR) is 101 cm³/mol. The maximum Gasteiger partial charge on any atom is 0.421 e. The standard InChI is InChI=1S/C21H29F3N2O3/c1-4-15(10-27)19(28)26-11-20(12-26)8-14(9-20)7-16-5-6-17(21(22,23)24)18(25-16)29-13(2)3/h5-6,13-15,27H,4,7-12H2,1-3H3/t15-/m1/s1. The first kappa shape index (κ1) is 21.9. The van der Waals surface area contributed by atoms with Crippen LogP contribution in [0.15, 0.2) is 12.1 Å². The van der Waals surface area contributed by atoms with Crippen molar-refractivity contribution >= 4 is 5.91 Å². The molecule has 0 unspecified atom stereocenters. The number of ether oxygens (including phenoxy) is 1. The van der Waals surface area contributed by atoms with Crippen LogP contribution in [0.3, 0.4) is 0 Å². The molecule has 2 heterocycles. The Labute approximate surface area is 169 Å². The van der Waals surface area contributed by atoms with Crippen LogP contribution in [-0.4, -0.2) is 46.7 Å². The van der Waals surface area contributed by atoms with Crippen LogP contribution in [0.25, 0.3) is 0 Å². The Bertz CT molecular complexity index is 733. The lowest BCUT2D eigenvalue weighted by molar-refractivity contribution is -0.160. The maximum absolute atomic E-state index is 13.2. The fourth-order valence-corrected chi connectivity index (χ4v) is 4.54. The molecule has 1 atom stereocenters. The largest absolute Gasteiger partial charge is 0.475 e. The summed E-state index contributed by atoms with van der Waals surface area (Å²) in [4.78, 5) is 18.2. The number of aliphatic hydroxyl groups excluding tert-OH is 1. The number of rotatable bonds is 7. The van der Waals surface area contributed by atoms with E-state index >= 15 is 0 Å². The van der Waals surface area contributed by atoms with E-state index < -0.39 is 17.8 Å². The van der Waals surface area contributed by atoms with E-state index in [0.717, 1.165) is 18.9 Å². The molecule has 0 aromatic carbocycles. The third-order valence-corrected chi connectivity index (χ3v) is 5.94. The number of carbonyl (C=O) groups excluding carboxylic acids is 1. The van der Waals surface area contributed by atoms with E-state index in [1.165, 1.54) is 6.07 Å². The Morgan fingerprint density at radius 1 is 1.34 bits per heavy atom. The highest BCUT2D eigenvalue weighted by atomic mass is 19.4. The molecule has 1 aromatic heterocycles. The van der Waals surface area contributed by atoms with E-state index in [-0.39, 0.29) is 29.7 Å². The molecule has 5 nitrogen and oxygen atoms in total. The highest BCUT2D eigenvalue weighted by Crippen LogP contribution is 2.53. The first-order valence-corrected chi connectivity index (χ1v) is 10.2. The summed E-state index contributed by atoms with van der Waals surface area (Å²) in [5, 5.41) is 9.28. The summed E-state index contributed by atoms with van der Waals surface area (Å²) in [5.74, 6) is -0.305. The van der Waals surface area contributed by atoms with Gasteiger partial charge in [-0.3, -0.25) is 4.79 Å². The van der Waals surface area contributed by atoms with Crippen molar-refractivity contribution in [2.75, 3.05) is 19.7 Å². The monoisotopic (exact) mass is 414 g/mol. The summed E-state index contributed by atoms with van der Waals surface area (Å²) in [5.41, 5.74) is -0.105. The van der Waals surface area contributed by atoms with Gasteiger partial charge in [0.1, 0.15) is 5.56 Å². The average molecular weight is 414 g/mol. The van der Waals surface area contributed by atoms with Crippen molar-refractivity contribution in [2.24, 2.45) is 17.3 Å². The van der Waals surface area contributed by atoms with Gasteiger partial charge in [-0.05, 0) is 57.6 Å². The van der Waals surface area contributed by atoms with Gasteiger partial charge in [0.2, 0.25) is 11.8 Å². The first-order chi connectivity index (χ1) is 13.6. The van der Waals surface area contributed by atoms with Crippen molar-refractivity contribution in [3.05, 3.63) is 23.4 Å². The molecule has 2 aliphatic rings. The van der Waals surface area contributed by atoms with E-state index in [1.807, 2.05) is 11.8 Å². The van der Waals surface area contributed by atoms with Gasteiger partial charge in [-0.2, -0.15) is 13.2 Å². The molecule has 0 radical (unpaired) electrons. The lowest BCUT2D eigenvalue weighted by Gasteiger charge is -2.59. The normalized spacial score (nSPS) is 19.8. The molecular weight excluding hydrogens is 385 g/mol. The fourth-order valence-electron chi connectivity index (χ4n) is 4.54. The van der Waals surface area contributed by atoms with Gasteiger partial charge >= 0.3 is 6.18 Å². The lowest BCUT2D eigenvalue weighted by atomic mass is 9.56. The van der Waals surface area contributed by atoms with Gasteiger partial charge in [0, 0.05) is 24.2 Å². The zero-order valence-electron chi connectivity index (χ0n) is 17.1. The Morgan fingerprint density at radius 3 is 2.52 bits per heavy atom.